The highest BCUT2D eigenvalue weighted by molar-refractivity contribution is 6.52. The molecule has 29 heavy (non-hydrogen) atoms. The van der Waals surface area contributed by atoms with E-state index in [1.54, 1.807) is 0 Å². The lowest BCUT2D eigenvalue weighted by Crippen LogP contribution is -2.41. The standard InChI is InChI=1S/C22H23N3O4/c1-14(2)16-5-3-15(4-6-16)12-23(17-7-8-17)13-24-20-10-9-18(25(28)29)11-19(20)21(26)22(24)27/h3-6,9-11,14,17H,7-8,12-13H2,1-2H3. The fourth-order valence-corrected chi connectivity index (χ4v) is 3.70. The molecule has 1 amide bonds. The van der Waals surface area contributed by atoms with Crippen LogP contribution in [0.5, 0.6) is 0 Å². The van der Waals surface area contributed by atoms with Crippen LogP contribution in [0, 0.1) is 10.1 Å². The third-order valence-corrected chi connectivity index (χ3v) is 5.58. The second-order valence-corrected chi connectivity index (χ2v) is 8.04. The van der Waals surface area contributed by atoms with Gasteiger partial charge in [0, 0.05) is 24.7 Å². The molecule has 2 aromatic rings. The maximum absolute atomic E-state index is 12.6. The number of carbonyl (C=O) groups is 2. The smallest absolute Gasteiger partial charge is 0.291 e. The van der Waals surface area contributed by atoms with Gasteiger partial charge in [-0.25, -0.2) is 0 Å². The number of nitrogens with zero attached hydrogens (tertiary/aromatic N) is 3. The molecule has 0 spiro atoms. The van der Waals surface area contributed by atoms with Gasteiger partial charge in [-0.3, -0.25) is 29.5 Å². The minimum Gasteiger partial charge on any atom is -0.291 e. The summed E-state index contributed by atoms with van der Waals surface area (Å²) < 4.78 is 0. The Bertz CT molecular complexity index is 980. The van der Waals surface area contributed by atoms with E-state index < -0.39 is 16.6 Å². The maximum Gasteiger partial charge on any atom is 0.300 e. The number of benzene rings is 2. The van der Waals surface area contributed by atoms with E-state index in [1.807, 2.05) is 0 Å². The molecule has 2 aliphatic rings. The zero-order valence-electron chi connectivity index (χ0n) is 16.5. The van der Waals surface area contributed by atoms with Crippen molar-refractivity contribution < 1.29 is 14.5 Å². The number of carbonyl (C=O) groups excluding carboxylic acids is 2. The largest absolute Gasteiger partial charge is 0.300 e. The van der Waals surface area contributed by atoms with Gasteiger partial charge in [0.05, 0.1) is 22.8 Å². The molecule has 0 saturated heterocycles. The zero-order valence-corrected chi connectivity index (χ0v) is 16.5. The molecule has 1 aliphatic heterocycles. The van der Waals surface area contributed by atoms with Crippen LogP contribution >= 0.6 is 0 Å². The molecule has 0 N–H and O–H groups in total. The van der Waals surface area contributed by atoms with Crippen LogP contribution in [-0.2, 0) is 11.3 Å². The van der Waals surface area contributed by atoms with Gasteiger partial charge in [0.1, 0.15) is 0 Å². The molecule has 0 aromatic heterocycles. The number of nitro benzene ring substituents is 1. The van der Waals surface area contributed by atoms with E-state index in [4.69, 9.17) is 0 Å². The van der Waals surface area contributed by atoms with Crippen molar-refractivity contribution in [2.24, 2.45) is 0 Å². The lowest BCUT2D eigenvalue weighted by Gasteiger charge is -2.28. The van der Waals surface area contributed by atoms with Crippen molar-refractivity contribution in [3.8, 4) is 0 Å². The number of amides is 1. The van der Waals surface area contributed by atoms with Crippen LogP contribution in [0.15, 0.2) is 42.5 Å². The third kappa shape index (κ3) is 3.78. The highest BCUT2D eigenvalue weighted by atomic mass is 16.6. The SMILES string of the molecule is CC(C)c1ccc(CN(CN2C(=O)C(=O)c3cc([N+](=O)[O-])ccc32)C2CC2)cc1. The van der Waals surface area contributed by atoms with Gasteiger partial charge < -0.3 is 0 Å². The van der Waals surface area contributed by atoms with Gasteiger partial charge in [0.2, 0.25) is 0 Å². The summed E-state index contributed by atoms with van der Waals surface area (Å²) in [6, 6.07) is 12.9. The summed E-state index contributed by atoms with van der Waals surface area (Å²) in [6.07, 6.45) is 2.13. The van der Waals surface area contributed by atoms with Crippen molar-refractivity contribution in [3.05, 3.63) is 69.3 Å². The normalized spacial score (nSPS) is 16.1. The number of ketones is 1. The molecule has 2 aromatic carbocycles. The second kappa shape index (κ2) is 7.40. The van der Waals surface area contributed by atoms with Gasteiger partial charge in [0.25, 0.3) is 11.5 Å². The van der Waals surface area contributed by atoms with Crippen LogP contribution in [0.25, 0.3) is 0 Å². The molecule has 1 fully saturated rings. The number of hydrogen-bond acceptors (Lipinski definition) is 5. The fraction of sp³-hybridized carbons (Fsp3) is 0.364. The van der Waals surface area contributed by atoms with Crippen molar-refractivity contribution in [2.75, 3.05) is 11.6 Å². The number of rotatable bonds is 7. The van der Waals surface area contributed by atoms with Crippen LogP contribution in [0.4, 0.5) is 11.4 Å². The molecule has 0 unspecified atom stereocenters. The molecule has 0 bridgehead atoms. The van der Waals surface area contributed by atoms with Crippen LogP contribution in [-0.4, -0.2) is 34.2 Å². The van der Waals surface area contributed by atoms with Crippen LogP contribution in [0.1, 0.15) is 54.1 Å². The van der Waals surface area contributed by atoms with Crippen LogP contribution < -0.4 is 4.90 Å². The Morgan fingerprint density at radius 1 is 1.14 bits per heavy atom. The summed E-state index contributed by atoms with van der Waals surface area (Å²) in [5.41, 5.74) is 2.81. The molecule has 7 heteroatoms. The van der Waals surface area contributed by atoms with E-state index in [-0.39, 0.29) is 11.3 Å². The quantitative estimate of drug-likeness (QED) is 0.405. The summed E-state index contributed by atoms with van der Waals surface area (Å²) in [5, 5.41) is 11.0. The maximum atomic E-state index is 12.6. The molecule has 7 nitrogen and oxygen atoms in total. The van der Waals surface area contributed by atoms with Crippen molar-refractivity contribution in [1.82, 2.24) is 4.90 Å². The molecular weight excluding hydrogens is 370 g/mol. The lowest BCUT2D eigenvalue weighted by molar-refractivity contribution is -0.384. The third-order valence-electron chi connectivity index (χ3n) is 5.58. The van der Waals surface area contributed by atoms with E-state index >= 15 is 0 Å². The predicted molar refractivity (Wildman–Crippen MR) is 109 cm³/mol. The van der Waals surface area contributed by atoms with Gasteiger partial charge in [-0.1, -0.05) is 38.1 Å². The Hall–Kier alpha value is -3.06. The highest BCUT2D eigenvalue weighted by Crippen LogP contribution is 2.35. The molecular formula is C22H23N3O4. The first-order chi connectivity index (χ1) is 13.8. The number of Topliss-reactive ketones (excluding diaryl/α,β-unsaturated/α-hetero) is 1. The Kier molecular flexibility index (Phi) is 4.92. The molecule has 0 atom stereocenters. The van der Waals surface area contributed by atoms with E-state index in [9.17, 15) is 19.7 Å². The Labute approximate surface area is 169 Å². The summed E-state index contributed by atoms with van der Waals surface area (Å²) in [6.45, 7) is 5.29. The summed E-state index contributed by atoms with van der Waals surface area (Å²) in [7, 11) is 0. The Balaban J connectivity index is 1.56. The zero-order chi connectivity index (χ0) is 20.7. The van der Waals surface area contributed by atoms with Crippen molar-refractivity contribution in [3.63, 3.8) is 0 Å². The minimum atomic E-state index is -0.680. The van der Waals surface area contributed by atoms with E-state index in [0.717, 1.165) is 18.4 Å². The second-order valence-electron chi connectivity index (χ2n) is 8.04. The first kappa shape index (κ1) is 19.3. The molecule has 1 saturated carbocycles. The summed E-state index contributed by atoms with van der Waals surface area (Å²) in [4.78, 5) is 39.0. The molecule has 1 heterocycles. The van der Waals surface area contributed by atoms with E-state index in [1.165, 1.54) is 28.7 Å². The predicted octanol–water partition coefficient (Wildman–Crippen LogP) is 3.87. The van der Waals surface area contributed by atoms with Gasteiger partial charge in [-0.2, -0.15) is 0 Å². The Morgan fingerprint density at radius 2 is 1.83 bits per heavy atom. The fourth-order valence-electron chi connectivity index (χ4n) is 3.70. The van der Waals surface area contributed by atoms with Crippen molar-refractivity contribution >= 4 is 23.1 Å². The summed E-state index contributed by atoms with van der Waals surface area (Å²) >= 11 is 0. The number of hydrogen-bond donors (Lipinski definition) is 0. The van der Waals surface area contributed by atoms with Gasteiger partial charge in [-0.05, 0) is 36.0 Å². The van der Waals surface area contributed by atoms with E-state index in [0.29, 0.717) is 30.9 Å². The summed E-state index contributed by atoms with van der Waals surface area (Å²) in [5.74, 6) is -0.834. The molecule has 4 rings (SSSR count). The number of non-ortho nitro benzene ring substituents is 1. The molecule has 1 aliphatic carbocycles. The first-order valence-electron chi connectivity index (χ1n) is 9.82. The van der Waals surface area contributed by atoms with E-state index in [2.05, 4.69) is 43.0 Å². The lowest BCUT2D eigenvalue weighted by atomic mass is 10.0. The van der Waals surface area contributed by atoms with Crippen LogP contribution in [0.2, 0.25) is 0 Å². The van der Waals surface area contributed by atoms with Crippen LogP contribution in [0.3, 0.4) is 0 Å². The topological polar surface area (TPSA) is 83.8 Å². The van der Waals surface area contributed by atoms with Gasteiger partial charge in [-0.15, -0.1) is 0 Å². The van der Waals surface area contributed by atoms with Gasteiger partial charge in [0.15, 0.2) is 0 Å². The number of nitro groups is 1. The molecule has 0 radical (unpaired) electrons. The van der Waals surface area contributed by atoms with Crippen molar-refractivity contribution in [1.29, 1.82) is 0 Å². The monoisotopic (exact) mass is 393 g/mol. The molecule has 150 valence electrons. The van der Waals surface area contributed by atoms with Crippen molar-refractivity contribution in [2.45, 2.75) is 45.2 Å². The average Bonchev–Trinajstić information content (AvgIpc) is 3.52. The Morgan fingerprint density at radius 3 is 2.41 bits per heavy atom. The number of anilines is 1. The highest BCUT2D eigenvalue weighted by Gasteiger charge is 2.40. The minimum absolute atomic E-state index is 0.112. The first-order valence-corrected chi connectivity index (χ1v) is 9.82. The average molecular weight is 393 g/mol. The van der Waals surface area contributed by atoms with Gasteiger partial charge >= 0.3 is 5.91 Å². The number of fused-ring (bicyclic) bond motifs is 1.